The predicted molar refractivity (Wildman–Crippen MR) is 113 cm³/mol. The van der Waals surface area contributed by atoms with Gasteiger partial charge in [0, 0.05) is 15.6 Å². The fraction of sp³-hybridized carbons (Fsp3) is 0.0526. The second-order valence-corrected chi connectivity index (χ2v) is 7.42. The van der Waals surface area contributed by atoms with Crippen molar-refractivity contribution in [3.63, 3.8) is 0 Å². The van der Waals surface area contributed by atoms with E-state index in [0.717, 1.165) is 5.56 Å². The second kappa shape index (κ2) is 8.24. The SMILES string of the molecule is O=C(Nc1ncn(Cc2cccc(Cl)c2)n1)c1cc(-c2ccc(Cl)cc2Cl)n[nH]1. The third-order valence-electron chi connectivity index (χ3n) is 4.02. The summed E-state index contributed by atoms with van der Waals surface area (Å²) in [6.07, 6.45) is 1.53. The lowest BCUT2D eigenvalue weighted by Crippen LogP contribution is -2.14. The summed E-state index contributed by atoms with van der Waals surface area (Å²) in [5.74, 6) is -0.243. The molecule has 0 radical (unpaired) electrons. The van der Waals surface area contributed by atoms with Crippen molar-refractivity contribution >= 4 is 46.7 Å². The topological polar surface area (TPSA) is 88.5 Å². The smallest absolute Gasteiger partial charge is 0.276 e. The summed E-state index contributed by atoms with van der Waals surface area (Å²) >= 11 is 18.1. The first-order valence-electron chi connectivity index (χ1n) is 8.44. The Labute approximate surface area is 180 Å². The van der Waals surface area contributed by atoms with Crippen LogP contribution in [0.25, 0.3) is 11.3 Å². The Bertz CT molecular complexity index is 1190. The van der Waals surface area contributed by atoms with Crippen molar-refractivity contribution in [1.82, 2.24) is 25.0 Å². The molecule has 4 rings (SSSR count). The number of carbonyl (C=O) groups is 1. The maximum absolute atomic E-state index is 12.5. The maximum Gasteiger partial charge on any atom is 0.276 e. The molecule has 0 atom stereocenters. The standard InChI is InChI=1S/C19H13Cl3N6O/c20-12-3-1-2-11(6-12)9-28-10-23-19(27-28)24-18(29)17-8-16(25-26-17)14-5-4-13(21)7-15(14)22/h1-8,10H,9H2,(H,25,26)(H,24,27,29). The number of amides is 1. The Hall–Kier alpha value is -2.87. The van der Waals surface area contributed by atoms with Crippen LogP contribution in [0.5, 0.6) is 0 Å². The zero-order chi connectivity index (χ0) is 20.4. The van der Waals surface area contributed by atoms with Gasteiger partial charge in [-0.3, -0.25) is 15.2 Å². The predicted octanol–water partition coefficient (Wildman–Crippen LogP) is 4.93. The van der Waals surface area contributed by atoms with E-state index in [1.807, 2.05) is 18.2 Å². The van der Waals surface area contributed by atoms with E-state index in [1.165, 1.54) is 6.33 Å². The van der Waals surface area contributed by atoms with Crippen molar-refractivity contribution < 1.29 is 4.79 Å². The molecule has 2 aromatic heterocycles. The van der Waals surface area contributed by atoms with Gasteiger partial charge in [-0.1, -0.05) is 46.9 Å². The Morgan fingerprint density at radius 2 is 1.90 bits per heavy atom. The second-order valence-electron chi connectivity index (χ2n) is 6.14. The lowest BCUT2D eigenvalue weighted by molar-refractivity contribution is 0.102. The Kier molecular flexibility index (Phi) is 5.53. The van der Waals surface area contributed by atoms with Gasteiger partial charge in [0.1, 0.15) is 12.0 Å². The zero-order valence-electron chi connectivity index (χ0n) is 14.7. The van der Waals surface area contributed by atoms with E-state index in [1.54, 1.807) is 35.0 Å². The van der Waals surface area contributed by atoms with Gasteiger partial charge in [-0.15, -0.1) is 5.10 Å². The van der Waals surface area contributed by atoms with Crippen LogP contribution in [-0.4, -0.2) is 30.9 Å². The number of aromatic nitrogens is 5. The van der Waals surface area contributed by atoms with Gasteiger partial charge in [-0.2, -0.15) is 5.10 Å². The highest BCUT2D eigenvalue weighted by atomic mass is 35.5. The molecule has 0 aliphatic heterocycles. The summed E-state index contributed by atoms with van der Waals surface area (Å²) in [7, 11) is 0. The van der Waals surface area contributed by atoms with Crippen LogP contribution in [0.1, 0.15) is 16.1 Å². The van der Waals surface area contributed by atoms with Gasteiger partial charge in [-0.05, 0) is 42.0 Å². The molecule has 2 heterocycles. The highest BCUT2D eigenvalue weighted by Crippen LogP contribution is 2.29. The first kappa shape index (κ1) is 19.4. The molecule has 4 aromatic rings. The van der Waals surface area contributed by atoms with Crippen LogP contribution in [0.15, 0.2) is 54.9 Å². The van der Waals surface area contributed by atoms with Gasteiger partial charge in [0.15, 0.2) is 0 Å². The van der Waals surface area contributed by atoms with E-state index in [-0.39, 0.29) is 11.6 Å². The van der Waals surface area contributed by atoms with E-state index >= 15 is 0 Å². The van der Waals surface area contributed by atoms with Gasteiger partial charge in [0.25, 0.3) is 5.91 Å². The number of aromatic amines is 1. The molecular formula is C19H13Cl3N6O. The maximum atomic E-state index is 12.5. The molecule has 0 fully saturated rings. The van der Waals surface area contributed by atoms with Crippen molar-refractivity contribution in [3.05, 3.63) is 81.2 Å². The van der Waals surface area contributed by atoms with Crippen molar-refractivity contribution in [3.8, 4) is 11.3 Å². The summed E-state index contributed by atoms with van der Waals surface area (Å²) in [4.78, 5) is 16.6. The number of nitrogens with one attached hydrogen (secondary N) is 2. The van der Waals surface area contributed by atoms with E-state index in [9.17, 15) is 4.79 Å². The first-order chi connectivity index (χ1) is 14.0. The lowest BCUT2D eigenvalue weighted by Gasteiger charge is -2.01. The Balaban J connectivity index is 1.45. The first-order valence-corrected chi connectivity index (χ1v) is 9.57. The fourth-order valence-electron chi connectivity index (χ4n) is 2.69. The highest BCUT2D eigenvalue weighted by molar-refractivity contribution is 6.36. The molecule has 2 aromatic carbocycles. The quantitative estimate of drug-likeness (QED) is 0.454. The number of rotatable bonds is 5. The lowest BCUT2D eigenvalue weighted by atomic mass is 10.1. The number of hydrogen-bond donors (Lipinski definition) is 2. The van der Waals surface area contributed by atoms with Crippen LogP contribution in [0.3, 0.4) is 0 Å². The summed E-state index contributed by atoms with van der Waals surface area (Å²) in [5.41, 5.74) is 2.40. The van der Waals surface area contributed by atoms with E-state index in [2.05, 4.69) is 25.6 Å². The molecular weight excluding hydrogens is 435 g/mol. The number of nitrogens with zero attached hydrogens (tertiary/aromatic N) is 4. The molecule has 0 spiro atoms. The van der Waals surface area contributed by atoms with Crippen molar-refractivity contribution in [2.75, 3.05) is 5.32 Å². The number of hydrogen-bond acceptors (Lipinski definition) is 4. The molecule has 0 unspecified atom stereocenters. The molecule has 0 bridgehead atoms. The number of H-pyrrole nitrogens is 1. The third kappa shape index (κ3) is 4.59. The van der Waals surface area contributed by atoms with Crippen LogP contribution < -0.4 is 5.32 Å². The summed E-state index contributed by atoms with van der Waals surface area (Å²) in [5, 5.41) is 15.3. The van der Waals surface area contributed by atoms with Gasteiger partial charge < -0.3 is 0 Å². The molecule has 0 aliphatic rings. The van der Waals surface area contributed by atoms with E-state index in [0.29, 0.717) is 32.9 Å². The number of halogens is 3. The third-order valence-corrected chi connectivity index (χ3v) is 4.81. The van der Waals surface area contributed by atoms with Crippen LogP contribution in [-0.2, 0) is 6.54 Å². The Morgan fingerprint density at radius 3 is 2.69 bits per heavy atom. The normalized spacial score (nSPS) is 10.9. The van der Waals surface area contributed by atoms with Crippen LogP contribution in [0.2, 0.25) is 15.1 Å². The summed E-state index contributed by atoms with van der Waals surface area (Å²) in [6.45, 7) is 0.479. The monoisotopic (exact) mass is 446 g/mol. The van der Waals surface area contributed by atoms with Crippen molar-refractivity contribution in [2.45, 2.75) is 6.54 Å². The van der Waals surface area contributed by atoms with Gasteiger partial charge in [0.2, 0.25) is 5.95 Å². The minimum absolute atomic E-state index is 0.178. The van der Waals surface area contributed by atoms with Crippen LogP contribution in [0, 0.1) is 0 Å². The van der Waals surface area contributed by atoms with Gasteiger partial charge in [-0.25, -0.2) is 9.67 Å². The van der Waals surface area contributed by atoms with E-state index in [4.69, 9.17) is 34.8 Å². The van der Waals surface area contributed by atoms with Crippen LogP contribution >= 0.6 is 34.8 Å². The van der Waals surface area contributed by atoms with Crippen molar-refractivity contribution in [1.29, 1.82) is 0 Å². The molecule has 2 N–H and O–H groups in total. The summed E-state index contributed by atoms with van der Waals surface area (Å²) < 4.78 is 1.60. The largest absolute Gasteiger partial charge is 0.288 e. The average molecular weight is 448 g/mol. The van der Waals surface area contributed by atoms with Crippen LogP contribution in [0.4, 0.5) is 5.95 Å². The number of carbonyl (C=O) groups excluding carboxylic acids is 1. The minimum Gasteiger partial charge on any atom is -0.288 e. The average Bonchev–Trinajstić information content (AvgIpc) is 3.32. The molecule has 0 saturated carbocycles. The molecule has 0 saturated heterocycles. The molecule has 29 heavy (non-hydrogen) atoms. The molecule has 10 heteroatoms. The van der Waals surface area contributed by atoms with Gasteiger partial charge >= 0.3 is 0 Å². The molecule has 0 aliphatic carbocycles. The molecule has 7 nitrogen and oxygen atoms in total. The molecule has 1 amide bonds. The fourth-order valence-corrected chi connectivity index (χ4v) is 3.41. The van der Waals surface area contributed by atoms with Gasteiger partial charge in [0.05, 0.1) is 17.3 Å². The minimum atomic E-state index is -0.422. The molecule has 146 valence electrons. The summed E-state index contributed by atoms with van der Waals surface area (Å²) in [6, 6.07) is 14.1. The Morgan fingerprint density at radius 1 is 1.07 bits per heavy atom. The number of benzene rings is 2. The number of anilines is 1. The van der Waals surface area contributed by atoms with Crippen molar-refractivity contribution in [2.24, 2.45) is 0 Å². The zero-order valence-corrected chi connectivity index (χ0v) is 17.0. The highest BCUT2D eigenvalue weighted by Gasteiger charge is 2.15. The van der Waals surface area contributed by atoms with E-state index < -0.39 is 5.91 Å².